The van der Waals surface area contributed by atoms with Gasteiger partial charge in [0.2, 0.25) is 10.0 Å². The van der Waals surface area contributed by atoms with Gasteiger partial charge in [-0.1, -0.05) is 0 Å². The van der Waals surface area contributed by atoms with Crippen LogP contribution in [0.1, 0.15) is 12.5 Å². The summed E-state index contributed by atoms with van der Waals surface area (Å²) in [5.74, 6) is -1.12. The van der Waals surface area contributed by atoms with Crippen LogP contribution in [0.3, 0.4) is 0 Å². The second kappa shape index (κ2) is 9.20. The highest BCUT2D eigenvalue weighted by atomic mass is 32.2. The van der Waals surface area contributed by atoms with Crippen LogP contribution in [0, 0.1) is 6.92 Å². The summed E-state index contributed by atoms with van der Waals surface area (Å²) in [6.45, 7) is 2.68. The summed E-state index contributed by atoms with van der Waals surface area (Å²) < 4.78 is 38.0. The number of primary sulfonamides is 1. The minimum atomic E-state index is -3.84. The highest BCUT2D eigenvalue weighted by Gasteiger charge is 2.19. The van der Waals surface area contributed by atoms with Crippen molar-refractivity contribution in [3.63, 3.8) is 0 Å². The van der Waals surface area contributed by atoms with Crippen LogP contribution in [0.4, 0.5) is 5.69 Å². The number of benzene rings is 2. The van der Waals surface area contributed by atoms with Crippen LogP contribution in [-0.4, -0.2) is 33.0 Å². The Labute approximate surface area is 183 Å². The number of hydrogen-bond donors (Lipinski definition) is 2. The summed E-state index contributed by atoms with van der Waals surface area (Å²) in [5, 5.41) is 8.25. The molecule has 0 unspecified atom stereocenters. The lowest BCUT2D eigenvalue weighted by Gasteiger charge is -2.14. The first-order chi connectivity index (χ1) is 15.0. The van der Waals surface area contributed by atoms with E-state index >= 15 is 0 Å². The molecule has 3 N–H and O–H groups in total. The molecule has 3 rings (SSSR count). The fourth-order valence-corrected chi connectivity index (χ4v) is 3.31. The molecule has 32 heavy (non-hydrogen) atoms. The van der Waals surface area contributed by atoms with Crippen molar-refractivity contribution in [3.05, 3.63) is 64.5 Å². The number of sulfonamides is 1. The van der Waals surface area contributed by atoms with Gasteiger partial charge in [0, 0.05) is 23.2 Å². The number of amides is 1. The number of fused-ring (bicyclic) bond motifs is 1. The van der Waals surface area contributed by atoms with Gasteiger partial charge in [-0.2, -0.15) is 0 Å². The molecule has 1 amide bonds. The van der Waals surface area contributed by atoms with Gasteiger partial charge in [-0.15, -0.1) is 0 Å². The van der Waals surface area contributed by atoms with E-state index in [4.69, 9.17) is 19.0 Å². The monoisotopic (exact) mass is 460 g/mol. The molecule has 0 radical (unpaired) electrons. The average molecular weight is 460 g/mol. The van der Waals surface area contributed by atoms with Crippen molar-refractivity contribution < 1.29 is 31.9 Å². The summed E-state index contributed by atoms with van der Waals surface area (Å²) in [5.41, 5.74) is 0.878. The van der Waals surface area contributed by atoms with Crippen LogP contribution in [0.25, 0.3) is 11.0 Å². The lowest BCUT2D eigenvalue weighted by Crippen LogP contribution is -2.31. The summed E-state index contributed by atoms with van der Waals surface area (Å²) >= 11 is 0. The molecule has 0 saturated carbocycles. The molecular formula is C21H20N2O8S. The van der Waals surface area contributed by atoms with E-state index in [9.17, 15) is 22.8 Å². The molecule has 1 heterocycles. The predicted octanol–water partition coefficient (Wildman–Crippen LogP) is 1.70. The maximum absolute atomic E-state index is 12.2. The molecule has 0 bridgehead atoms. The van der Waals surface area contributed by atoms with Gasteiger partial charge in [-0.25, -0.2) is 23.1 Å². The summed E-state index contributed by atoms with van der Waals surface area (Å²) in [6, 6.07) is 11.4. The lowest BCUT2D eigenvalue weighted by atomic mass is 10.1. The van der Waals surface area contributed by atoms with Gasteiger partial charge < -0.3 is 19.2 Å². The third-order valence-electron chi connectivity index (χ3n) is 4.41. The molecular weight excluding hydrogens is 440 g/mol. The normalized spacial score (nSPS) is 12.2. The minimum absolute atomic E-state index is 0.102. The molecule has 168 valence electrons. The number of esters is 1. The Balaban J connectivity index is 1.54. The molecule has 0 aliphatic rings. The van der Waals surface area contributed by atoms with E-state index in [1.165, 1.54) is 43.3 Å². The van der Waals surface area contributed by atoms with Crippen molar-refractivity contribution in [2.24, 2.45) is 5.14 Å². The van der Waals surface area contributed by atoms with E-state index in [1.54, 1.807) is 19.1 Å². The molecule has 0 aliphatic heterocycles. The molecule has 10 nitrogen and oxygen atoms in total. The number of aryl methyl sites for hydroxylation is 1. The first-order valence-corrected chi connectivity index (χ1v) is 10.9. The van der Waals surface area contributed by atoms with Gasteiger partial charge in [0.25, 0.3) is 5.91 Å². The van der Waals surface area contributed by atoms with Gasteiger partial charge >= 0.3 is 11.6 Å². The topological polar surface area (TPSA) is 155 Å². The largest absolute Gasteiger partial charge is 0.482 e. The van der Waals surface area contributed by atoms with Crippen LogP contribution in [0.15, 0.2) is 62.6 Å². The number of anilines is 1. The van der Waals surface area contributed by atoms with Crippen LogP contribution >= 0.6 is 0 Å². The van der Waals surface area contributed by atoms with Gasteiger partial charge in [0.1, 0.15) is 11.3 Å². The number of carbonyl (C=O) groups is 2. The van der Waals surface area contributed by atoms with Crippen LogP contribution in [0.2, 0.25) is 0 Å². The first kappa shape index (κ1) is 23.0. The number of nitrogens with two attached hydrogens (primary N) is 1. The van der Waals surface area contributed by atoms with Gasteiger partial charge in [-0.05, 0) is 55.8 Å². The molecule has 3 aromatic rings. The Bertz CT molecular complexity index is 1330. The summed E-state index contributed by atoms with van der Waals surface area (Å²) in [7, 11) is -3.84. The summed E-state index contributed by atoms with van der Waals surface area (Å²) in [4.78, 5) is 35.6. The van der Waals surface area contributed by atoms with Crippen molar-refractivity contribution >= 4 is 38.6 Å². The van der Waals surface area contributed by atoms with Gasteiger partial charge in [-0.3, -0.25) is 4.79 Å². The van der Waals surface area contributed by atoms with Crippen LogP contribution in [-0.2, 0) is 24.3 Å². The van der Waals surface area contributed by atoms with Gasteiger partial charge in [0.05, 0.1) is 4.90 Å². The second-order valence-corrected chi connectivity index (χ2v) is 8.45. The van der Waals surface area contributed by atoms with Crippen LogP contribution < -0.4 is 20.8 Å². The van der Waals surface area contributed by atoms with Crippen LogP contribution in [0.5, 0.6) is 5.75 Å². The lowest BCUT2D eigenvalue weighted by molar-refractivity contribution is -0.155. The molecule has 0 aliphatic carbocycles. The molecule has 1 atom stereocenters. The van der Waals surface area contributed by atoms with E-state index in [-0.39, 0.29) is 10.6 Å². The fraction of sp³-hybridized carbons (Fsp3) is 0.190. The Kier molecular flexibility index (Phi) is 6.61. The quantitative estimate of drug-likeness (QED) is 0.399. The maximum atomic E-state index is 12.2. The third-order valence-corrected chi connectivity index (χ3v) is 5.34. The van der Waals surface area contributed by atoms with E-state index < -0.39 is 40.2 Å². The Hall–Kier alpha value is -3.70. The van der Waals surface area contributed by atoms with Crippen molar-refractivity contribution in [1.82, 2.24) is 0 Å². The third kappa shape index (κ3) is 5.71. The van der Waals surface area contributed by atoms with E-state index in [2.05, 4.69) is 5.32 Å². The van der Waals surface area contributed by atoms with Gasteiger partial charge in [0.15, 0.2) is 12.7 Å². The Morgan fingerprint density at radius 3 is 2.47 bits per heavy atom. The zero-order chi connectivity index (χ0) is 23.5. The second-order valence-electron chi connectivity index (χ2n) is 6.89. The average Bonchev–Trinajstić information content (AvgIpc) is 2.71. The zero-order valence-electron chi connectivity index (χ0n) is 17.2. The standard InChI is InChI=1S/C21H20N2O8S/c1-12-9-19(24)31-18-10-15(5-8-17(12)18)29-11-20(25)30-13(2)21(26)23-14-3-6-16(7-4-14)32(22,27)28/h3-10,13H,11H2,1-2H3,(H,23,26)(H2,22,27,28)/t13-/m0/s1. The maximum Gasteiger partial charge on any atom is 0.344 e. The van der Waals surface area contributed by atoms with Crippen molar-refractivity contribution in [2.75, 3.05) is 11.9 Å². The fourth-order valence-electron chi connectivity index (χ4n) is 2.79. The number of ether oxygens (including phenoxy) is 2. The smallest absolute Gasteiger partial charge is 0.344 e. The van der Waals surface area contributed by atoms with E-state index in [0.717, 1.165) is 10.9 Å². The Morgan fingerprint density at radius 2 is 1.81 bits per heavy atom. The summed E-state index contributed by atoms with van der Waals surface area (Å²) in [6.07, 6.45) is -1.14. The molecule has 1 aromatic heterocycles. The molecule has 2 aromatic carbocycles. The highest BCUT2D eigenvalue weighted by molar-refractivity contribution is 7.89. The first-order valence-electron chi connectivity index (χ1n) is 9.33. The number of carbonyl (C=O) groups excluding carboxylic acids is 2. The van der Waals surface area contributed by atoms with Crippen molar-refractivity contribution in [1.29, 1.82) is 0 Å². The molecule has 11 heteroatoms. The van der Waals surface area contributed by atoms with Crippen molar-refractivity contribution in [3.8, 4) is 5.75 Å². The van der Waals surface area contributed by atoms with E-state index in [0.29, 0.717) is 11.3 Å². The van der Waals surface area contributed by atoms with Crippen molar-refractivity contribution in [2.45, 2.75) is 24.8 Å². The SMILES string of the molecule is Cc1cc(=O)oc2cc(OCC(=O)O[C@@H](C)C(=O)Nc3ccc(S(N)(=O)=O)cc3)ccc12. The number of nitrogens with one attached hydrogen (secondary N) is 1. The number of hydrogen-bond acceptors (Lipinski definition) is 8. The van der Waals surface area contributed by atoms with E-state index in [1.807, 2.05) is 0 Å². The highest BCUT2D eigenvalue weighted by Crippen LogP contribution is 2.22. The predicted molar refractivity (Wildman–Crippen MR) is 115 cm³/mol. The number of rotatable bonds is 7. The molecule has 0 fully saturated rings. The molecule has 0 saturated heterocycles. The zero-order valence-corrected chi connectivity index (χ0v) is 18.0. The molecule has 0 spiro atoms. The minimum Gasteiger partial charge on any atom is -0.482 e. The Morgan fingerprint density at radius 1 is 1.12 bits per heavy atom.